The summed E-state index contributed by atoms with van der Waals surface area (Å²) in [5, 5.41) is 12.0. The number of hydrogen-bond donors (Lipinski definition) is 3. The average Bonchev–Trinajstić information content (AvgIpc) is 3.06. The molecule has 0 aliphatic rings. The first-order chi connectivity index (χ1) is 23.0. The second-order valence-corrected chi connectivity index (χ2v) is 18.5. The fourth-order valence-corrected chi connectivity index (χ4v) is 5.61. The lowest BCUT2D eigenvalue weighted by Crippen LogP contribution is -2.44. The van der Waals surface area contributed by atoms with Gasteiger partial charge in [-0.05, 0) is 58.0 Å². The molecule has 4 N–H and O–H groups in total. The molecule has 0 radical (unpaired) electrons. The van der Waals surface area contributed by atoms with E-state index in [0.717, 1.165) is 33.9 Å². The Balaban J connectivity index is 0.00000650. The zero-order valence-electron chi connectivity index (χ0n) is 28.1. The Bertz CT molecular complexity index is 1670. The fraction of sp³-hybridized carbons (Fsp3) is 0.289. The smallest absolute Gasteiger partial charge is 0.408 e. The van der Waals surface area contributed by atoms with Crippen LogP contribution in [0.25, 0.3) is 11.1 Å². The number of amides is 1. The zero-order chi connectivity index (χ0) is 34.5. The van der Waals surface area contributed by atoms with Crippen molar-refractivity contribution in [2.45, 2.75) is 63.8 Å². The van der Waals surface area contributed by atoms with E-state index in [0.29, 0.717) is 17.9 Å². The number of hydrogen-bond acceptors (Lipinski definition) is 7. The number of nitrogens with one attached hydrogen (secondary N) is 1. The predicted molar refractivity (Wildman–Crippen MR) is 196 cm³/mol. The van der Waals surface area contributed by atoms with Crippen LogP contribution in [-0.2, 0) is 45.1 Å². The number of benzene rings is 4. The molecule has 0 saturated heterocycles. The van der Waals surface area contributed by atoms with Crippen LogP contribution in [0.3, 0.4) is 0 Å². The number of carboxylic acids is 1. The second-order valence-electron chi connectivity index (χ2n) is 12.9. The summed E-state index contributed by atoms with van der Waals surface area (Å²) in [5.74, 6) is -1.08. The van der Waals surface area contributed by atoms with E-state index in [4.69, 9.17) is 19.9 Å². The summed E-state index contributed by atoms with van der Waals surface area (Å²) >= 11 is 0. The summed E-state index contributed by atoms with van der Waals surface area (Å²) < 4.78 is 17.4. The van der Waals surface area contributed by atoms with Gasteiger partial charge in [-0.1, -0.05) is 111 Å². The summed E-state index contributed by atoms with van der Waals surface area (Å²) in [6, 6.07) is 30.9. The van der Waals surface area contributed by atoms with Gasteiger partial charge in [-0.25, -0.2) is 9.59 Å². The molecule has 2 atom stereocenters. The molecular formula is C38H45ClN2O7Si. The quantitative estimate of drug-likeness (QED) is 0.0836. The highest BCUT2D eigenvalue weighted by molar-refractivity contribution is 6.76. The standard InChI is InChI=1S/C38H44N2O7Si.ClH/c1-48(2,3)20-19-45-37(43)34(40-38(44)47-26-28-13-8-5-9-14-28)24-32-23-31(17-18-35(32)46-25-27-11-6-4-7-12-27)30-16-10-15-29(21-30)22-33(39)36(41)42;/h4-18,21,23,33-34H,19-20,22,24-26,39H2,1-3H3,(H,40,44)(H,41,42);1H/t33-,34-;/m0./s1. The molecule has 0 fully saturated rings. The average molecular weight is 705 g/mol. The molecule has 0 saturated carbocycles. The molecule has 0 aromatic heterocycles. The van der Waals surface area contributed by atoms with Gasteiger partial charge in [0.1, 0.15) is 31.0 Å². The highest BCUT2D eigenvalue weighted by Gasteiger charge is 2.26. The molecule has 4 aromatic rings. The molecule has 0 bridgehead atoms. The highest BCUT2D eigenvalue weighted by Crippen LogP contribution is 2.30. The number of rotatable bonds is 16. The van der Waals surface area contributed by atoms with Crippen molar-refractivity contribution in [1.82, 2.24) is 5.32 Å². The molecule has 11 heteroatoms. The van der Waals surface area contributed by atoms with Crippen LogP contribution >= 0.6 is 12.4 Å². The lowest BCUT2D eigenvalue weighted by atomic mass is 9.96. The second kappa shape index (κ2) is 18.8. The Labute approximate surface area is 295 Å². The third kappa shape index (κ3) is 13.1. The number of esters is 1. The van der Waals surface area contributed by atoms with Gasteiger partial charge in [-0.3, -0.25) is 4.79 Å². The Kier molecular flexibility index (Phi) is 14.9. The Hall–Kier alpha value is -4.64. The lowest BCUT2D eigenvalue weighted by Gasteiger charge is -2.21. The molecule has 0 unspecified atom stereocenters. The van der Waals surface area contributed by atoms with Crippen molar-refractivity contribution >= 4 is 38.5 Å². The SMILES string of the molecule is C[Si](C)(C)CCOC(=O)[C@H](Cc1cc(-c2cccc(C[C@H](N)C(=O)O)c2)ccc1OCc1ccccc1)NC(=O)OCc1ccccc1.Cl. The molecule has 9 nitrogen and oxygen atoms in total. The topological polar surface area (TPSA) is 137 Å². The first-order valence-electron chi connectivity index (χ1n) is 16.0. The van der Waals surface area contributed by atoms with Crippen LogP contribution in [0.4, 0.5) is 4.79 Å². The van der Waals surface area contributed by atoms with Crippen LogP contribution < -0.4 is 15.8 Å². The van der Waals surface area contributed by atoms with E-state index >= 15 is 0 Å². The van der Waals surface area contributed by atoms with E-state index in [-0.39, 0.29) is 38.5 Å². The normalized spacial score (nSPS) is 12.2. The molecule has 0 aliphatic carbocycles. The Morgan fingerprint density at radius 1 is 0.755 bits per heavy atom. The highest BCUT2D eigenvalue weighted by atomic mass is 35.5. The first kappa shape index (κ1) is 38.8. The molecule has 4 aromatic carbocycles. The predicted octanol–water partition coefficient (Wildman–Crippen LogP) is 7.03. The summed E-state index contributed by atoms with van der Waals surface area (Å²) in [7, 11) is -1.48. The van der Waals surface area contributed by atoms with Crippen molar-refractivity contribution < 1.29 is 33.7 Å². The van der Waals surface area contributed by atoms with E-state index in [1.807, 2.05) is 103 Å². The van der Waals surface area contributed by atoms with Crippen molar-refractivity contribution in [2.24, 2.45) is 5.73 Å². The monoisotopic (exact) mass is 704 g/mol. The van der Waals surface area contributed by atoms with Crippen molar-refractivity contribution in [1.29, 1.82) is 0 Å². The summed E-state index contributed by atoms with van der Waals surface area (Å²) in [4.78, 5) is 37.9. The van der Waals surface area contributed by atoms with E-state index in [2.05, 4.69) is 25.0 Å². The van der Waals surface area contributed by atoms with Crippen molar-refractivity contribution in [3.63, 3.8) is 0 Å². The summed E-state index contributed by atoms with van der Waals surface area (Å²) in [6.07, 6.45) is -0.487. The van der Waals surface area contributed by atoms with Crippen LogP contribution in [0, 0.1) is 0 Å². The van der Waals surface area contributed by atoms with Gasteiger partial charge in [-0.2, -0.15) is 0 Å². The molecule has 4 rings (SSSR count). The van der Waals surface area contributed by atoms with Gasteiger partial charge < -0.3 is 30.4 Å². The maximum atomic E-state index is 13.5. The largest absolute Gasteiger partial charge is 0.489 e. The van der Waals surface area contributed by atoms with Crippen LogP contribution in [0.1, 0.15) is 22.3 Å². The van der Waals surface area contributed by atoms with Gasteiger partial charge in [0.05, 0.1) is 6.61 Å². The van der Waals surface area contributed by atoms with Crippen molar-refractivity contribution in [3.8, 4) is 16.9 Å². The molecule has 0 heterocycles. The number of aliphatic carboxylic acids is 1. The minimum atomic E-state index is -1.48. The van der Waals surface area contributed by atoms with Gasteiger partial charge in [0.15, 0.2) is 0 Å². The zero-order valence-corrected chi connectivity index (χ0v) is 29.9. The van der Waals surface area contributed by atoms with Crippen LogP contribution in [0.2, 0.25) is 25.7 Å². The molecule has 0 spiro atoms. The van der Waals surface area contributed by atoms with Gasteiger partial charge in [0.2, 0.25) is 0 Å². The number of alkyl carbamates (subject to hydrolysis) is 1. The first-order valence-corrected chi connectivity index (χ1v) is 19.7. The third-order valence-corrected chi connectivity index (χ3v) is 9.34. The number of carboxylic acid groups (broad SMARTS) is 1. The maximum Gasteiger partial charge on any atom is 0.408 e. The minimum absolute atomic E-state index is 0. The third-order valence-electron chi connectivity index (χ3n) is 7.64. The molecular weight excluding hydrogens is 660 g/mol. The summed E-state index contributed by atoms with van der Waals surface area (Å²) in [6.45, 7) is 7.20. The molecule has 260 valence electrons. The number of carbonyl (C=O) groups excluding carboxylic acids is 2. The lowest BCUT2D eigenvalue weighted by molar-refractivity contribution is -0.145. The van der Waals surface area contributed by atoms with Crippen LogP contribution in [-0.4, -0.2) is 49.9 Å². The van der Waals surface area contributed by atoms with Gasteiger partial charge in [0.25, 0.3) is 0 Å². The van der Waals surface area contributed by atoms with E-state index in [1.165, 1.54) is 0 Å². The number of halogens is 1. The summed E-state index contributed by atoms with van der Waals surface area (Å²) in [5.41, 5.74) is 10.7. The van der Waals surface area contributed by atoms with Gasteiger partial charge in [0, 0.05) is 14.5 Å². The van der Waals surface area contributed by atoms with Gasteiger partial charge >= 0.3 is 18.0 Å². The van der Waals surface area contributed by atoms with E-state index in [9.17, 15) is 19.5 Å². The van der Waals surface area contributed by atoms with Crippen LogP contribution in [0.15, 0.2) is 103 Å². The molecule has 49 heavy (non-hydrogen) atoms. The Morgan fingerprint density at radius 3 is 2.00 bits per heavy atom. The van der Waals surface area contributed by atoms with Crippen molar-refractivity contribution in [2.75, 3.05) is 6.61 Å². The minimum Gasteiger partial charge on any atom is -0.489 e. The number of nitrogens with two attached hydrogens (primary N) is 1. The van der Waals surface area contributed by atoms with E-state index in [1.54, 1.807) is 0 Å². The Morgan fingerprint density at radius 2 is 1.37 bits per heavy atom. The van der Waals surface area contributed by atoms with E-state index < -0.39 is 38.2 Å². The number of carbonyl (C=O) groups is 3. The van der Waals surface area contributed by atoms with Crippen molar-refractivity contribution in [3.05, 3.63) is 125 Å². The van der Waals surface area contributed by atoms with Gasteiger partial charge in [-0.15, -0.1) is 12.4 Å². The molecule has 1 amide bonds. The van der Waals surface area contributed by atoms with Crippen LogP contribution in [0.5, 0.6) is 5.75 Å². The molecule has 0 aliphatic heterocycles. The maximum absolute atomic E-state index is 13.5. The number of ether oxygens (including phenoxy) is 3. The fourth-order valence-electron chi connectivity index (χ4n) is 4.89.